The van der Waals surface area contributed by atoms with Crippen molar-refractivity contribution in [2.45, 2.75) is 45.2 Å². The highest BCUT2D eigenvalue weighted by molar-refractivity contribution is 6.30. The number of rotatable bonds is 6. The monoisotopic (exact) mass is 530 g/mol. The van der Waals surface area contributed by atoms with Crippen LogP contribution >= 0.6 is 23.2 Å². The van der Waals surface area contributed by atoms with Crippen molar-refractivity contribution >= 4 is 35.1 Å². The zero-order valence-electron chi connectivity index (χ0n) is 21.1. The normalized spacial score (nSPS) is 19.8. The van der Waals surface area contributed by atoms with Crippen LogP contribution in [0.15, 0.2) is 48.5 Å². The maximum absolute atomic E-state index is 13.5. The van der Waals surface area contributed by atoms with Crippen LogP contribution in [0.4, 0.5) is 4.79 Å². The lowest BCUT2D eigenvalue weighted by atomic mass is 9.90. The van der Waals surface area contributed by atoms with E-state index in [1.54, 1.807) is 4.90 Å². The first kappa shape index (κ1) is 26.8. The molecule has 2 aliphatic rings. The minimum absolute atomic E-state index is 0.0520. The van der Waals surface area contributed by atoms with Gasteiger partial charge < -0.3 is 15.5 Å². The van der Waals surface area contributed by atoms with Crippen LogP contribution in [-0.2, 0) is 4.79 Å². The summed E-state index contributed by atoms with van der Waals surface area (Å²) >= 11 is 12.4. The summed E-state index contributed by atoms with van der Waals surface area (Å²) in [5.74, 6) is 0.847. The quantitative estimate of drug-likeness (QED) is 0.540. The van der Waals surface area contributed by atoms with Gasteiger partial charge in [-0.2, -0.15) is 0 Å². The largest absolute Gasteiger partial charge is 0.351 e. The third-order valence-corrected chi connectivity index (χ3v) is 8.17. The fraction of sp³-hybridized carbons (Fsp3) is 0.500. The van der Waals surface area contributed by atoms with Crippen LogP contribution in [0.2, 0.25) is 10.0 Å². The molecule has 2 aromatic carbocycles. The molecule has 3 amide bonds. The van der Waals surface area contributed by atoms with Gasteiger partial charge in [-0.3, -0.25) is 9.69 Å². The second kappa shape index (κ2) is 11.8. The van der Waals surface area contributed by atoms with Gasteiger partial charge in [-0.15, -0.1) is 0 Å². The van der Waals surface area contributed by atoms with Crippen LogP contribution in [-0.4, -0.2) is 65.4 Å². The minimum atomic E-state index is -0.369. The highest BCUT2D eigenvalue weighted by atomic mass is 35.5. The number of urea groups is 1. The molecule has 4 rings (SSSR count). The average Bonchev–Trinajstić information content (AvgIpc) is 2.86. The summed E-state index contributed by atoms with van der Waals surface area (Å²) in [7, 11) is 0. The standard InChI is InChI=1S/C28H36Cl2N4O2/c1-19(2)25-18-33(15-16-34(25)26(35)17-20-11-13-32(14-12-20)28(31)36)27(21-3-7-23(29)8-4-21)22-5-9-24(30)10-6-22/h3-10,19-20,25,27H,11-18H2,1-2H3,(H2,31,36)/t25-/m0/s1. The first-order valence-corrected chi connectivity index (χ1v) is 13.6. The van der Waals surface area contributed by atoms with Crippen LogP contribution in [0.5, 0.6) is 0 Å². The summed E-state index contributed by atoms with van der Waals surface area (Å²) in [5, 5.41) is 1.43. The Labute approximate surface area is 224 Å². The SMILES string of the molecule is CC(C)[C@@H]1CN(C(c2ccc(Cl)cc2)c2ccc(Cl)cc2)CCN1C(=O)CC1CCN(C(N)=O)CC1. The third kappa shape index (κ3) is 6.34. The molecule has 0 radical (unpaired) electrons. The number of nitrogens with two attached hydrogens (primary N) is 1. The molecule has 6 nitrogen and oxygen atoms in total. The smallest absolute Gasteiger partial charge is 0.314 e. The Bertz CT molecular complexity index is 991. The summed E-state index contributed by atoms with van der Waals surface area (Å²) in [6.45, 7) is 7.93. The van der Waals surface area contributed by atoms with E-state index < -0.39 is 0 Å². The molecule has 2 fully saturated rings. The van der Waals surface area contributed by atoms with Gasteiger partial charge in [0.15, 0.2) is 0 Å². The fourth-order valence-electron chi connectivity index (χ4n) is 5.57. The lowest BCUT2D eigenvalue weighted by Crippen LogP contribution is -2.58. The number of piperidine rings is 1. The number of likely N-dealkylation sites (tertiary alicyclic amines) is 1. The number of piperazine rings is 1. The van der Waals surface area contributed by atoms with Gasteiger partial charge in [-0.25, -0.2) is 4.79 Å². The number of nitrogens with zero attached hydrogens (tertiary/aromatic N) is 3. The van der Waals surface area contributed by atoms with Gasteiger partial charge in [0.2, 0.25) is 5.91 Å². The lowest BCUT2D eigenvalue weighted by molar-refractivity contribution is -0.139. The second-order valence-electron chi connectivity index (χ2n) is 10.4. The number of hydrogen-bond acceptors (Lipinski definition) is 3. The van der Waals surface area contributed by atoms with Gasteiger partial charge in [0.25, 0.3) is 0 Å². The fourth-order valence-corrected chi connectivity index (χ4v) is 5.82. The number of hydrogen-bond donors (Lipinski definition) is 1. The molecule has 194 valence electrons. The first-order chi connectivity index (χ1) is 17.2. The molecule has 0 spiro atoms. The summed E-state index contributed by atoms with van der Waals surface area (Å²) < 4.78 is 0. The summed E-state index contributed by atoms with van der Waals surface area (Å²) in [6.07, 6.45) is 2.19. The van der Waals surface area contributed by atoms with Crippen LogP contribution in [0.1, 0.15) is 50.3 Å². The maximum Gasteiger partial charge on any atom is 0.314 e. The molecule has 1 atom stereocenters. The predicted octanol–water partition coefficient (Wildman–Crippen LogP) is 5.43. The van der Waals surface area contributed by atoms with Crippen molar-refractivity contribution in [2.24, 2.45) is 17.6 Å². The third-order valence-electron chi connectivity index (χ3n) is 7.67. The van der Waals surface area contributed by atoms with Crippen molar-refractivity contribution in [3.05, 3.63) is 69.7 Å². The van der Waals surface area contributed by atoms with E-state index in [9.17, 15) is 9.59 Å². The average molecular weight is 532 g/mol. The summed E-state index contributed by atoms with van der Waals surface area (Å²) in [5.41, 5.74) is 7.76. The van der Waals surface area contributed by atoms with E-state index in [-0.39, 0.29) is 24.0 Å². The van der Waals surface area contributed by atoms with E-state index in [0.29, 0.717) is 47.9 Å². The Morgan fingerprint density at radius 2 is 1.42 bits per heavy atom. The number of carbonyl (C=O) groups excluding carboxylic acids is 2. The minimum Gasteiger partial charge on any atom is -0.351 e. The Morgan fingerprint density at radius 1 is 0.889 bits per heavy atom. The van der Waals surface area contributed by atoms with Crippen molar-refractivity contribution in [2.75, 3.05) is 32.7 Å². The Hall–Kier alpha value is -2.28. The van der Waals surface area contributed by atoms with E-state index in [2.05, 4.69) is 47.9 Å². The molecule has 8 heteroatoms. The number of primary amides is 1. The highest BCUT2D eigenvalue weighted by Gasteiger charge is 2.37. The molecular formula is C28H36Cl2N4O2. The van der Waals surface area contributed by atoms with Gasteiger partial charge in [0.05, 0.1) is 6.04 Å². The lowest BCUT2D eigenvalue weighted by Gasteiger charge is -2.47. The van der Waals surface area contributed by atoms with E-state index >= 15 is 0 Å². The van der Waals surface area contributed by atoms with Gasteiger partial charge in [0, 0.05) is 55.2 Å². The van der Waals surface area contributed by atoms with Gasteiger partial charge in [0.1, 0.15) is 0 Å². The Balaban J connectivity index is 1.49. The first-order valence-electron chi connectivity index (χ1n) is 12.8. The highest BCUT2D eigenvalue weighted by Crippen LogP contribution is 2.34. The molecule has 36 heavy (non-hydrogen) atoms. The number of amides is 3. The Kier molecular flexibility index (Phi) is 8.81. The van der Waals surface area contributed by atoms with E-state index in [1.165, 1.54) is 11.1 Å². The van der Waals surface area contributed by atoms with Crippen LogP contribution in [0, 0.1) is 11.8 Å². The number of carbonyl (C=O) groups is 2. The van der Waals surface area contributed by atoms with Crippen molar-refractivity contribution < 1.29 is 9.59 Å². The molecule has 0 unspecified atom stereocenters. The van der Waals surface area contributed by atoms with Crippen LogP contribution < -0.4 is 5.73 Å². The second-order valence-corrected chi connectivity index (χ2v) is 11.2. The summed E-state index contributed by atoms with van der Waals surface area (Å²) in [4.78, 5) is 31.1. The van der Waals surface area contributed by atoms with Gasteiger partial charge in [-0.1, -0.05) is 61.3 Å². The zero-order valence-corrected chi connectivity index (χ0v) is 22.6. The van der Waals surface area contributed by atoms with Crippen LogP contribution in [0.25, 0.3) is 0 Å². The van der Waals surface area contributed by atoms with Gasteiger partial charge >= 0.3 is 6.03 Å². The van der Waals surface area contributed by atoms with E-state index in [4.69, 9.17) is 28.9 Å². The summed E-state index contributed by atoms with van der Waals surface area (Å²) in [6, 6.07) is 15.9. The molecule has 2 saturated heterocycles. The molecule has 2 aromatic rings. The zero-order chi connectivity index (χ0) is 25.8. The van der Waals surface area contributed by atoms with Crippen molar-refractivity contribution in [3.63, 3.8) is 0 Å². The van der Waals surface area contributed by atoms with Crippen molar-refractivity contribution in [3.8, 4) is 0 Å². The predicted molar refractivity (Wildman–Crippen MR) is 145 cm³/mol. The maximum atomic E-state index is 13.5. The molecule has 0 saturated carbocycles. The van der Waals surface area contributed by atoms with Gasteiger partial charge in [-0.05, 0) is 60.1 Å². The molecule has 2 aliphatic heterocycles. The Morgan fingerprint density at radius 3 is 1.89 bits per heavy atom. The molecule has 2 heterocycles. The van der Waals surface area contributed by atoms with E-state index in [1.807, 2.05) is 24.3 Å². The topological polar surface area (TPSA) is 69.9 Å². The molecule has 0 aromatic heterocycles. The molecule has 2 N–H and O–H groups in total. The van der Waals surface area contributed by atoms with Crippen molar-refractivity contribution in [1.29, 1.82) is 0 Å². The molecule has 0 bridgehead atoms. The molecule has 0 aliphatic carbocycles. The van der Waals surface area contributed by atoms with E-state index in [0.717, 1.165) is 25.9 Å². The number of halogens is 2. The number of benzene rings is 2. The van der Waals surface area contributed by atoms with Crippen molar-refractivity contribution in [1.82, 2.24) is 14.7 Å². The molecular weight excluding hydrogens is 495 g/mol. The van der Waals surface area contributed by atoms with Crippen LogP contribution in [0.3, 0.4) is 0 Å².